The number of nitro benzene ring substituents is 1. The van der Waals surface area contributed by atoms with Crippen molar-refractivity contribution in [2.24, 2.45) is 0 Å². The molecular formula is C18H20N4O4S. The molecule has 27 heavy (non-hydrogen) atoms. The van der Waals surface area contributed by atoms with Gasteiger partial charge in [0, 0.05) is 35.7 Å². The van der Waals surface area contributed by atoms with E-state index in [1.54, 1.807) is 12.1 Å². The van der Waals surface area contributed by atoms with Crippen LogP contribution in [0.4, 0.5) is 10.8 Å². The van der Waals surface area contributed by atoms with E-state index in [1.165, 1.54) is 11.3 Å². The van der Waals surface area contributed by atoms with E-state index in [9.17, 15) is 14.9 Å². The minimum Gasteiger partial charge on any atom is -0.379 e. The summed E-state index contributed by atoms with van der Waals surface area (Å²) in [5.41, 5.74) is 2.70. The third kappa shape index (κ3) is 4.00. The quantitative estimate of drug-likeness (QED) is 0.638. The van der Waals surface area contributed by atoms with Gasteiger partial charge in [-0.15, -0.1) is 11.3 Å². The monoisotopic (exact) mass is 388 g/mol. The number of morpholine rings is 1. The first kappa shape index (κ1) is 18.0. The molecule has 4 rings (SSSR count). The molecule has 0 bridgehead atoms. The highest BCUT2D eigenvalue weighted by Gasteiger charge is 2.23. The number of hydrogen-bond acceptors (Lipinski definition) is 7. The highest BCUT2D eigenvalue weighted by atomic mass is 32.1. The largest absolute Gasteiger partial charge is 0.379 e. The number of nitro groups is 1. The first-order chi connectivity index (χ1) is 13.1. The molecule has 1 aromatic heterocycles. The van der Waals surface area contributed by atoms with Gasteiger partial charge in [-0.25, -0.2) is 4.98 Å². The summed E-state index contributed by atoms with van der Waals surface area (Å²) < 4.78 is 5.29. The van der Waals surface area contributed by atoms with Gasteiger partial charge in [0.25, 0.3) is 5.69 Å². The van der Waals surface area contributed by atoms with E-state index in [0.29, 0.717) is 24.9 Å². The lowest BCUT2D eigenvalue weighted by Crippen LogP contribution is -2.41. The van der Waals surface area contributed by atoms with E-state index in [2.05, 4.69) is 15.2 Å². The fourth-order valence-corrected chi connectivity index (χ4v) is 4.50. The molecule has 0 unspecified atom stereocenters. The van der Waals surface area contributed by atoms with Crippen LogP contribution in [0.5, 0.6) is 0 Å². The highest BCUT2D eigenvalue weighted by molar-refractivity contribution is 7.16. The molecule has 0 radical (unpaired) electrons. The lowest BCUT2D eigenvalue weighted by molar-refractivity contribution is -0.384. The summed E-state index contributed by atoms with van der Waals surface area (Å²) >= 11 is 1.46. The first-order valence-electron chi connectivity index (χ1n) is 8.97. The number of benzene rings is 1. The van der Waals surface area contributed by atoms with Crippen LogP contribution in [0.3, 0.4) is 0 Å². The molecule has 1 aromatic carbocycles. The van der Waals surface area contributed by atoms with E-state index < -0.39 is 0 Å². The predicted molar refractivity (Wildman–Crippen MR) is 102 cm³/mol. The van der Waals surface area contributed by atoms with Crippen molar-refractivity contribution in [2.45, 2.75) is 19.3 Å². The number of thiazole rings is 1. The number of anilines is 1. The van der Waals surface area contributed by atoms with E-state index in [1.807, 2.05) is 6.07 Å². The molecule has 0 atom stereocenters. The van der Waals surface area contributed by atoms with Crippen molar-refractivity contribution >= 4 is 28.1 Å². The average Bonchev–Trinajstić information content (AvgIpc) is 2.96. The lowest BCUT2D eigenvalue weighted by Gasteiger charge is -2.25. The maximum Gasteiger partial charge on any atom is 0.270 e. The number of carbonyl (C=O) groups excluding carboxylic acids is 1. The minimum absolute atomic E-state index is 0.0625. The van der Waals surface area contributed by atoms with Gasteiger partial charge in [-0.3, -0.25) is 19.8 Å². The summed E-state index contributed by atoms with van der Waals surface area (Å²) in [5, 5.41) is 14.6. The Morgan fingerprint density at radius 1 is 1.33 bits per heavy atom. The predicted octanol–water partition coefficient (Wildman–Crippen LogP) is 2.48. The topological polar surface area (TPSA) is 97.6 Å². The Bertz CT molecular complexity index is 876. The van der Waals surface area contributed by atoms with Crippen LogP contribution in [-0.4, -0.2) is 53.6 Å². The number of hydrogen-bond donors (Lipinski definition) is 1. The van der Waals surface area contributed by atoms with Crippen molar-refractivity contribution in [3.63, 3.8) is 0 Å². The summed E-state index contributed by atoms with van der Waals surface area (Å²) in [5.74, 6) is -0.0972. The van der Waals surface area contributed by atoms with E-state index in [-0.39, 0.29) is 16.5 Å². The first-order valence-corrected chi connectivity index (χ1v) is 9.79. The van der Waals surface area contributed by atoms with Crippen LogP contribution in [0, 0.1) is 10.1 Å². The number of ether oxygens (including phenoxy) is 1. The maximum atomic E-state index is 12.3. The second kappa shape index (κ2) is 7.71. The standard InChI is InChI=1S/C18H20N4O4S/c23-16(11-21-6-8-26-9-7-21)19-18-20-17-14-10-13(22(24)25)5-4-12(14)2-1-3-15(17)27-18/h4-5,10H,1-3,6-9,11H2,(H,19,20,23). The molecule has 1 aliphatic heterocycles. The summed E-state index contributed by atoms with van der Waals surface area (Å²) in [6.45, 7) is 3.11. The van der Waals surface area contributed by atoms with Crippen molar-refractivity contribution in [3.8, 4) is 11.3 Å². The summed E-state index contributed by atoms with van der Waals surface area (Å²) in [7, 11) is 0. The van der Waals surface area contributed by atoms with E-state index in [0.717, 1.165) is 54.0 Å². The molecule has 1 saturated heterocycles. The Balaban J connectivity index is 1.55. The van der Waals surface area contributed by atoms with Gasteiger partial charge >= 0.3 is 0 Å². The highest BCUT2D eigenvalue weighted by Crippen LogP contribution is 2.38. The molecule has 0 saturated carbocycles. The number of amides is 1. The molecule has 1 amide bonds. The van der Waals surface area contributed by atoms with Crippen molar-refractivity contribution in [3.05, 3.63) is 38.8 Å². The molecule has 1 N–H and O–H groups in total. The summed E-state index contributed by atoms with van der Waals surface area (Å²) in [6.07, 6.45) is 2.69. The molecule has 142 valence electrons. The number of rotatable bonds is 4. The van der Waals surface area contributed by atoms with Gasteiger partial charge in [0.1, 0.15) is 0 Å². The Morgan fingerprint density at radius 3 is 2.93 bits per heavy atom. The Labute approximate surface area is 160 Å². The van der Waals surface area contributed by atoms with Crippen molar-refractivity contribution < 1.29 is 14.5 Å². The third-order valence-corrected chi connectivity index (χ3v) is 5.85. The van der Waals surface area contributed by atoms with Gasteiger partial charge in [-0.05, 0) is 24.8 Å². The fraction of sp³-hybridized carbons (Fsp3) is 0.444. The Hall–Kier alpha value is -2.36. The summed E-state index contributed by atoms with van der Waals surface area (Å²) in [6, 6.07) is 4.96. The van der Waals surface area contributed by atoms with Crippen molar-refractivity contribution in [2.75, 3.05) is 38.2 Å². The Kier molecular flexibility index (Phi) is 5.15. The second-order valence-electron chi connectivity index (χ2n) is 6.68. The van der Waals surface area contributed by atoms with Gasteiger partial charge in [0.2, 0.25) is 5.91 Å². The number of aryl methyl sites for hydroxylation is 2. The zero-order valence-electron chi connectivity index (χ0n) is 14.8. The van der Waals surface area contributed by atoms with Crippen LogP contribution in [0.1, 0.15) is 16.9 Å². The maximum absolute atomic E-state index is 12.3. The Morgan fingerprint density at radius 2 is 2.15 bits per heavy atom. The van der Waals surface area contributed by atoms with Crippen LogP contribution in [0.2, 0.25) is 0 Å². The number of non-ortho nitro benzene ring substituents is 1. The van der Waals surface area contributed by atoms with E-state index >= 15 is 0 Å². The molecule has 8 nitrogen and oxygen atoms in total. The van der Waals surface area contributed by atoms with Crippen LogP contribution >= 0.6 is 11.3 Å². The number of nitrogens with one attached hydrogen (secondary N) is 1. The lowest BCUT2D eigenvalue weighted by atomic mass is 10.0. The molecule has 9 heteroatoms. The number of fused-ring (bicyclic) bond motifs is 3. The van der Waals surface area contributed by atoms with E-state index in [4.69, 9.17) is 4.74 Å². The second-order valence-corrected chi connectivity index (χ2v) is 7.76. The molecule has 2 aliphatic rings. The average molecular weight is 388 g/mol. The fourth-order valence-electron chi connectivity index (χ4n) is 3.46. The number of nitrogens with zero attached hydrogens (tertiary/aromatic N) is 3. The molecule has 1 aliphatic carbocycles. The van der Waals surface area contributed by atoms with Crippen molar-refractivity contribution in [1.29, 1.82) is 0 Å². The van der Waals surface area contributed by atoms with Crippen molar-refractivity contribution in [1.82, 2.24) is 9.88 Å². The SMILES string of the molecule is O=C(CN1CCOCC1)Nc1nc2c(s1)CCCc1ccc([N+](=O)[O-])cc1-2. The molecule has 2 heterocycles. The van der Waals surface area contributed by atoms with Gasteiger partial charge in [0.05, 0.1) is 30.4 Å². The number of aromatic nitrogens is 1. The number of carbonyl (C=O) groups is 1. The minimum atomic E-state index is -0.387. The smallest absolute Gasteiger partial charge is 0.270 e. The van der Waals surface area contributed by atoms with Crippen LogP contribution in [-0.2, 0) is 22.4 Å². The van der Waals surface area contributed by atoms with Gasteiger partial charge in [-0.1, -0.05) is 6.07 Å². The van der Waals surface area contributed by atoms with Crippen LogP contribution in [0.15, 0.2) is 18.2 Å². The third-order valence-electron chi connectivity index (χ3n) is 4.82. The molecular weight excluding hydrogens is 368 g/mol. The molecule has 2 aromatic rings. The van der Waals surface area contributed by atoms with Crippen LogP contribution in [0.25, 0.3) is 11.3 Å². The van der Waals surface area contributed by atoms with Gasteiger partial charge in [0.15, 0.2) is 5.13 Å². The van der Waals surface area contributed by atoms with Gasteiger partial charge in [-0.2, -0.15) is 0 Å². The summed E-state index contributed by atoms with van der Waals surface area (Å²) in [4.78, 5) is 30.8. The molecule has 0 spiro atoms. The zero-order chi connectivity index (χ0) is 18.8. The van der Waals surface area contributed by atoms with Gasteiger partial charge < -0.3 is 10.1 Å². The molecule has 1 fully saturated rings. The van der Waals surface area contributed by atoms with Crippen LogP contribution < -0.4 is 5.32 Å². The normalized spacial score (nSPS) is 16.9. The zero-order valence-corrected chi connectivity index (χ0v) is 15.6.